The summed E-state index contributed by atoms with van der Waals surface area (Å²) in [7, 11) is 0. The fourth-order valence-corrected chi connectivity index (χ4v) is 2.18. The molecule has 0 spiro atoms. The van der Waals surface area contributed by atoms with Crippen LogP contribution in [0, 0.1) is 0 Å². The zero-order valence-corrected chi connectivity index (χ0v) is 11.7. The van der Waals surface area contributed by atoms with Gasteiger partial charge in [0.1, 0.15) is 5.71 Å². The normalized spacial score (nSPS) is 17.0. The summed E-state index contributed by atoms with van der Waals surface area (Å²) < 4.78 is 0. The second kappa shape index (κ2) is 5.93. The smallest absolute Gasteiger partial charge is 0.274 e. The largest absolute Gasteiger partial charge is 0.387 e. The van der Waals surface area contributed by atoms with Gasteiger partial charge in [-0.25, -0.2) is 4.98 Å². The third kappa shape index (κ3) is 3.03. The van der Waals surface area contributed by atoms with Crippen molar-refractivity contribution in [2.24, 2.45) is 5.16 Å². The topological polar surface area (TPSA) is 63.6 Å². The minimum absolute atomic E-state index is 0.230. The van der Waals surface area contributed by atoms with Crippen molar-refractivity contribution in [2.75, 3.05) is 5.32 Å². The second-order valence-corrected chi connectivity index (χ2v) is 4.94. The summed E-state index contributed by atoms with van der Waals surface area (Å²) in [4.78, 5) is 21.4. The van der Waals surface area contributed by atoms with Gasteiger partial charge in [0.05, 0.1) is 5.02 Å². The Kier molecular flexibility index (Phi) is 3.83. The van der Waals surface area contributed by atoms with Crippen LogP contribution in [-0.2, 0) is 9.63 Å². The summed E-state index contributed by atoms with van der Waals surface area (Å²) in [6, 6.07) is 13.0. The highest BCUT2D eigenvalue weighted by molar-refractivity contribution is 6.44. The maximum absolute atomic E-state index is 12.1. The molecule has 1 aliphatic heterocycles. The molecule has 2 aromatic rings. The van der Waals surface area contributed by atoms with Gasteiger partial charge in [-0.15, -0.1) is 0 Å². The summed E-state index contributed by atoms with van der Waals surface area (Å²) in [5, 5.41) is 6.86. The van der Waals surface area contributed by atoms with Crippen molar-refractivity contribution in [3.05, 3.63) is 59.2 Å². The zero-order chi connectivity index (χ0) is 14.7. The first-order valence-electron chi connectivity index (χ1n) is 6.43. The van der Waals surface area contributed by atoms with Gasteiger partial charge in [0.15, 0.2) is 11.9 Å². The van der Waals surface area contributed by atoms with E-state index in [1.54, 1.807) is 18.3 Å². The fraction of sp³-hybridized carbons (Fsp3) is 0.133. The molecule has 21 heavy (non-hydrogen) atoms. The maximum Gasteiger partial charge on any atom is 0.274 e. The number of carbonyl (C=O) groups excluding carboxylic acids is 1. The summed E-state index contributed by atoms with van der Waals surface area (Å²) in [6.07, 6.45) is 1.74. The van der Waals surface area contributed by atoms with Crippen LogP contribution in [0.5, 0.6) is 0 Å². The number of nitrogens with zero attached hydrogens (tertiary/aromatic N) is 2. The van der Waals surface area contributed by atoms with Crippen LogP contribution < -0.4 is 5.32 Å². The fourth-order valence-electron chi connectivity index (χ4n) is 2.02. The Morgan fingerprint density at radius 1 is 1.24 bits per heavy atom. The highest BCUT2D eigenvalue weighted by Gasteiger charge is 2.27. The quantitative estimate of drug-likeness (QED) is 0.947. The van der Waals surface area contributed by atoms with E-state index in [1.807, 2.05) is 30.3 Å². The SMILES string of the molecule is O=C(Nc1ncccc1Cl)C1=NO[C@@H](c2ccccc2)C1. The Balaban J connectivity index is 1.66. The van der Waals surface area contributed by atoms with Crippen LogP contribution in [0.2, 0.25) is 5.02 Å². The summed E-state index contributed by atoms with van der Waals surface area (Å²) >= 11 is 5.95. The Morgan fingerprint density at radius 2 is 2.05 bits per heavy atom. The van der Waals surface area contributed by atoms with Crippen LogP contribution in [0.4, 0.5) is 5.82 Å². The van der Waals surface area contributed by atoms with Gasteiger partial charge in [-0.05, 0) is 17.7 Å². The number of pyridine rings is 1. The number of anilines is 1. The number of amides is 1. The lowest BCUT2D eigenvalue weighted by molar-refractivity contribution is -0.110. The minimum Gasteiger partial charge on any atom is -0.387 e. The third-order valence-corrected chi connectivity index (χ3v) is 3.40. The number of benzene rings is 1. The molecule has 0 unspecified atom stereocenters. The maximum atomic E-state index is 12.1. The first kappa shape index (κ1) is 13.6. The minimum atomic E-state index is -0.353. The lowest BCUT2D eigenvalue weighted by atomic mass is 10.0. The highest BCUT2D eigenvalue weighted by Crippen LogP contribution is 2.27. The lowest BCUT2D eigenvalue weighted by Gasteiger charge is -2.07. The van der Waals surface area contributed by atoms with Crippen molar-refractivity contribution in [1.29, 1.82) is 0 Å². The molecule has 5 nitrogen and oxygen atoms in total. The number of hydrogen-bond donors (Lipinski definition) is 1. The highest BCUT2D eigenvalue weighted by atomic mass is 35.5. The van der Waals surface area contributed by atoms with Gasteiger partial charge in [0.2, 0.25) is 0 Å². The first-order chi connectivity index (χ1) is 10.2. The molecule has 2 heterocycles. The van der Waals surface area contributed by atoms with Gasteiger partial charge in [0, 0.05) is 12.6 Å². The van der Waals surface area contributed by atoms with Crippen LogP contribution in [0.15, 0.2) is 53.8 Å². The van der Waals surface area contributed by atoms with Gasteiger partial charge in [-0.3, -0.25) is 4.79 Å². The Hall–Kier alpha value is -2.40. The van der Waals surface area contributed by atoms with E-state index in [2.05, 4.69) is 15.5 Å². The van der Waals surface area contributed by atoms with Gasteiger partial charge >= 0.3 is 0 Å². The van der Waals surface area contributed by atoms with E-state index in [4.69, 9.17) is 16.4 Å². The summed E-state index contributed by atoms with van der Waals surface area (Å²) in [6.45, 7) is 0. The van der Waals surface area contributed by atoms with Gasteiger partial charge in [0.25, 0.3) is 5.91 Å². The van der Waals surface area contributed by atoms with Crippen molar-refractivity contribution in [2.45, 2.75) is 12.5 Å². The number of rotatable bonds is 3. The number of oxime groups is 1. The number of nitrogens with one attached hydrogen (secondary N) is 1. The predicted molar refractivity (Wildman–Crippen MR) is 80.2 cm³/mol. The van der Waals surface area contributed by atoms with Crippen LogP contribution in [-0.4, -0.2) is 16.6 Å². The molecular formula is C15H12ClN3O2. The van der Waals surface area contributed by atoms with Crippen molar-refractivity contribution in [1.82, 2.24) is 4.98 Å². The van der Waals surface area contributed by atoms with E-state index >= 15 is 0 Å². The molecule has 1 aliphatic rings. The monoisotopic (exact) mass is 301 g/mol. The molecule has 3 rings (SSSR count). The average molecular weight is 302 g/mol. The van der Waals surface area contributed by atoms with E-state index in [-0.39, 0.29) is 12.0 Å². The van der Waals surface area contributed by atoms with Gasteiger partial charge in [-0.1, -0.05) is 47.1 Å². The molecule has 106 valence electrons. The summed E-state index contributed by atoms with van der Waals surface area (Å²) in [5.74, 6) is -0.0379. The van der Waals surface area contributed by atoms with Crippen molar-refractivity contribution in [3.8, 4) is 0 Å². The van der Waals surface area contributed by atoms with Crippen molar-refractivity contribution < 1.29 is 9.63 Å². The van der Waals surface area contributed by atoms with Crippen LogP contribution in [0.3, 0.4) is 0 Å². The van der Waals surface area contributed by atoms with E-state index < -0.39 is 0 Å². The van der Waals surface area contributed by atoms with Crippen LogP contribution >= 0.6 is 11.6 Å². The van der Waals surface area contributed by atoms with Gasteiger partial charge < -0.3 is 10.2 Å². The molecule has 0 radical (unpaired) electrons. The average Bonchev–Trinajstić information content (AvgIpc) is 3.00. The third-order valence-electron chi connectivity index (χ3n) is 3.09. The van der Waals surface area contributed by atoms with E-state index in [9.17, 15) is 4.79 Å². The molecule has 6 heteroatoms. The Labute approximate surface area is 126 Å². The van der Waals surface area contributed by atoms with Crippen molar-refractivity contribution >= 4 is 29.0 Å². The zero-order valence-electron chi connectivity index (χ0n) is 11.0. The Morgan fingerprint density at radius 3 is 2.81 bits per heavy atom. The molecule has 0 saturated heterocycles. The molecular weight excluding hydrogens is 290 g/mol. The first-order valence-corrected chi connectivity index (χ1v) is 6.81. The molecule has 1 N–H and O–H groups in total. The second-order valence-electron chi connectivity index (χ2n) is 4.53. The van der Waals surface area contributed by atoms with E-state index in [0.29, 0.717) is 23.0 Å². The number of carbonyl (C=O) groups is 1. The Bertz CT molecular complexity index is 688. The van der Waals surface area contributed by atoms with Crippen LogP contribution in [0.25, 0.3) is 0 Å². The van der Waals surface area contributed by atoms with E-state index in [0.717, 1.165) is 5.56 Å². The van der Waals surface area contributed by atoms with Crippen LogP contribution in [0.1, 0.15) is 18.1 Å². The van der Waals surface area contributed by atoms with E-state index in [1.165, 1.54) is 0 Å². The lowest BCUT2D eigenvalue weighted by Crippen LogP contribution is -2.22. The number of halogens is 1. The molecule has 1 atom stereocenters. The number of hydrogen-bond acceptors (Lipinski definition) is 4. The standard InChI is InChI=1S/C15H12ClN3O2/c16-11-7-4-8-17-14(11)18-15(20)12-9-13(21-19-12)10-5-2-1-3-6-10/h1-8,13H,9H2,(H,17,18,20)/t13-/m1/s1. The predicted octanol–water partition coefficient (Wildman–Crippen LogP) is 3.19. The molecule has 0 saturated carbocycles. The van der Waals surface area contributed by atoms with Crippen molar-refractivity contribution in [3.63, 3.8) is 0 Å². The molecule has 0 aliphatic carbocycles. The van der Waals surface area contributed by atoms with Gasteiger partial charge in [-0.2, -0.15) is 0 Å². The summed E-state index contributed by atoms with van der Waals surface area (Å²) in [5.41, 5.74) is 1.31. The molecule has 1 amide bonds. The molecule has 0 bridgehead atoms. The number of aromatic nitrogens is 1. The molecule has 0 fully saturated rings. The molecule has 1 aromatic carbocycles. The molecule has 1 aromatic heterocycles.